The van der Waals surface area contributed by atoms with E-state index in [4.69, 9.17) is 0 Å². The minimum atomic E-state index is -4.65. The Bertz CT molecular complexity index is 1710. The molecule has 3 heterocycles. The molecule has 0 unspecified atom stereocenters. The van der Waals surface area contributed by atoms with E-state index >= 15 is 0 Å². The van der Waals surface area contributed by atoms with Gasteiger partial charge in [0, 0.05) is 24.7 Å². The Morgan fingerprint density at radius 2 is 1.76 bits per heavy atom. The van der Waals surface area contributed by atoms with Crippen molar-refractivity contribution in [3.8, 4) is 22.6 Å². The van der Waals surface area contributed by atoms with Gasteiger partial charge in [0.05, 0.1) is 16.8 Å². The summed E-state index contributed by atoms with van der Waals surface area (Å²) in [6.07, 6.45) is -2.94. The highest BCUT2D eigenvalue weighted by atomic mass is 19.4. The summed E-state index contributed by atoms with van der Waals surface area (Å²) in [4.78, 5) is 17.6. The molecule has 8 nitrogen and oxygen atoms in total. The van der Waals surface area contributed by atoms with Gasteiger partial charge < -0.3 is 10.1 Å². The minimum Gasteiger partial charge on any atom is -0.435 e. The Hall–Kier alpha value is -4.62. The highest BCUT2D eigenvalue weighted by Crippen LogP contribution is 2.29. The van der Waals surface area contributed by atoms with Crippen molar-refractivity contribution < 1.29 is 31.1 Å². The largest absolute Gasteiger partial charge is 0.435 e. The molecule has 0 saturated carbocycles. The van der Waals surface area contributed by atoms with Gasteiger partial charge in [0.1, 0.15) is 23.3 Å². The fourth-order valence-electron chi connectivity index (χ4n) is 3.91. The molecule has 0 bridgehead atoms. The second-order valence-corrected chi connectivity index (χ2v) is 8.20. The predicted octanol–water partition coefficient (Wildman–Crippen LogP) is 5.05. The van der Waals surface area contributed by atoms with Crippen LogP contribution in [0.5, 0.6) is 5.75 Å². The number of hydrogen-bond donors (Lipinski definition) is 1. The molecular weight excluding hydrogens is 518 g/mol. The fraction of sp³-hybridized carbons (Fsp3) is 0.167. The van der Waals surface area contributed by atoms with E-state index in [2.05, 4.69) is 19.9 Å². The van der Waals surface area contributed by atoms with Crippen LogP contribution in [-0.4, -0.2) is 43.9 Å². The number of aryl methyl sites for hydroxylation is 1. The Morgan fingerprint density at radius 3 is 2.45 bits per heavy atom. The van der Waals surface area contributed by atoms with E-state index in [1.54, 1.807) is 36.1 Å². The summed E-state index contributed by atoms with van der Waals surface area (Å²) in [6, 6.07) is 10.7. The maximum absolute atomic E-state index is 14.7. The molecule has 0 radical (unpaired) electrons. The lowest BCUT2D eigenvalue weighted by atomic mass is 10.1. The predicted molar refractivity (Wildman–Crippen MR) is 126 cm³/mol. The summed E-state index contributed by atoms with van der Waals surface area (Å²) in [5.74, 6) is -2.03. The van der Waals surface area contributed by atoms with Gasteiger partial charge in [-0.3, -0.25) is 9.48 Å². The quantitative estimate of drug-likeness (QED) is 0.307. The number of benzene rings is 2. The van der Waals surface area contributed by atoms with E-state index in [0.29, 0.717) is 16.6 Å². The van der Waals surface area contributed by atoms with E-state index in [0.717, 1.165) is 10.7 Å². The normalized spacial score (nSPS) is 12.0. The first kappa shape index (κ1) is 25.0. The third-order valence-corrected chi connectivity index (χ3v) is 5.48. The molecule has 0 spiro atoms. The van der Waals surface area contributed by atoms with Crippen LogP contribution in [0.4, 0.5) is 32.2 Å². The van der Waals surface area contributed by atoms with Gasteiger partial charge in [0.2, 0.25) is 0 Å². The highest BCUT2D eigenvalue weighted by Gasteiger charge is 2.28. The fourth-order valence-corrected chi connectivity index (χ4v) is 3.91. The molecular formula is C24H16F6N6O2. The van der Waals surface area contributed by atoms with E-state index in [9.17, 15) is 31.1 Å². The van der Waals surface area contributed by atoms with Crippen molar-refractivity contribution in [3.05, 3.63) is 70.9 Å². The van der Waals surface area contributed by atoms with Gasteiger partial charge in [-0.15, -0.1) is 0 Å². The van der Waals surface area contributed by atoms with E-state index in [-0.39, 0.29) is 27.9 Å². The second kappa shape index (κ2) is 9.36. The Labute approximate surface area is 209 Å². The first-order valence-corrected chi connectivity index (χ1v) is 10.9. The summed E-state index contributed by atoms with van der Waals surface area (Å²) in [7, 11) is 1.72. The van der Waals surface area contributed by atoms with E-state index in [1.165, 1.54) is 24.3 Å². The lowest BCUT2D eigenvalue weighted by molar-refractivity contribution is -0.115. The summed E-state index contributed by atoms with van der Waals surface area (Å²) < 4.78 is 85.0. The molecule has 38 heavy (non-hydrogen) atoms. The van der Waals surface area contributed by atoms with Crippen LogP contribution in [0.1, 0.15) is 0 Å². The first-order valence-electron chi connectivity index (χ1n) is 10.9. The molecule has 3 aromatic heterocycles. The van der Waals surface area contributed by atoms with E-state index < -0.39 is 36.5 Å². The standard InChI is InChI=1S/C24H16F6N6O2/c1-35-10-13-8-14(4-7-17(13)33-35)36-22(37)19(12-2-5-15(6-3-12)38-23(26)27)20-18(34-36)9-16(25)21(32-20)31-11-24(28,29)30/h2-10,23H,11H2,1H3,(H,31,32). The average molecular weight is 534 g/mol. The highest BCUT2D eigenvalue weighted by molar-refractivity contribution is 5.92. The van der Waals surface area contributed by atoms with Gasteiger partial charge in [-0.2, -0.15) is 36.8 Å². The van der Waals surface area contributed by atoms with Gasteiger partial charge in [0.15, 0.2) is 11.6 Å². The summed E-state index contributed by atoms with van der Waals surface area (Å²) >= 11 is 0. The van der Waals surface area contributed by atoms with Crippen molar-refractivity contribution in [1.29, 1.82) is 0 Å². The van der Waals surface area contributed by atoms with Crippen molar-refractivity contribution >= 4 is 27.8 Å². The van der Waals surface area contributed by atoms with Crippen LogP contribution in [0.15, 0.2) is 59.5 Å². The van der Waals surface area contributed by atoms with Crippen molar-refractivity contribution in [2.75, 3.05) is 11.9 Å². The van der Waals surface area contributed by atoms with Gasteiger partial charge in [-0.25, -0.2) is 9.37 Å². The maximum atomic E-state index is 14.7. The van der Waals surface area contributed by atoms with Crippen LogP contribution < -0.4 is 15.6 Å². The molecule has 0 saturated heterocycles. The van der Waals surface area contributed by atoms with Crippen LogP contribution in [0.3, 0.4) is 0 Å². The number of anilines is 1. The lowest BCUT2D eigenvalue weighted by Gasteiger charge is -2.14. The van der Waals surface area contributed by atoms with Crippen molar-refractivity contribution in [2.45, 2.75) is 12.8 Å². The van der Waals surface area contributed by atoms with Crippen LogP contribution in [0.2, 0.25) is 0 Å². The molecule has 1 N–H and O–H groups in total. The number of aromatic nitrogens is 5. The number of alkyl halides is 5. The van der Waals surface area contributed by atoms with Gasteiger partial charge in [0.25, 0.3) is 5.56 Å². The van der Waals surface area contributed by atoms with E-state index in [1.807, 2.05) is 5.32 Å². The van der Waals surface area contributed by atoms with Crippen LogP contribution >= 0.6 is 0 Å². The smallest absolute Gasteiger partial charge is 0.405 e. The molecule has 0 amide bonds. The zero-order chi connectivity index (χ0) is 27.2. The molecule has 196 valence electrons. The van der Waals surface area contributed by atoms with Crippen molar-refractivity contribution in [2.24, 2.45) is 7.05 Å². The molecule has 2 aromatic carbocycles. The number of nitrogens with zero attached hydrogens (tertiary/aromatic N) is 5. The molecule has 5 rings (SSSR count). The SMILES string of the molecule is Cn1cc2cc(-n3nc4cc(F)c(NCC(F)(F)F)nc4c(-c4ccc(OC(F)F)cc4)c3=O)ccc2n1. The molecule has 0 aliphatic heterocycles. The zero-order valence-electron chi connectivity index (χ0n) is 19.3. The summed E-state index contributed by atoms with van der Waals surface area (Å²) in [6.45, 7) is -4.64. The number of halogens is 6. The molecule has 0 atom stereocenters. The molecule has 0 aliphatic carbocycles. The number of ether oxygens (including phenoxy) is 1. The van der Waals surface area contributed by atoms with Gasteiger partial charge >= 0.3 is 12.8 Å². The van der Waals surface area contributed by atoms with Crippen LogP contribution in [0, 0.1) is 5.82 Å². The average Bonchev–Trinajstić information content (AvgIpc) is 3.22. The number of nitrogens with one attached hydrogen (secondary N) is 1. The van der Waals surface area contributed by atoms with Crippen molar-refractivity contribution in [3.63, 3.8) is 0 Å². The number of pyridine rings is 1. The Morgan fingerprint density at radius 1 is 1.03 bits per heavy atom. The van der Waals surface area contributed by atoms with Gasteiger partial charge in [-0.1, -0.05) is 12.1 Å². The Balaban J connectivity index is 1.73. The van der Waals surface area contributed by atoms with Crippen LogP contribution in [0.25, 0.3) is 38.8 Å². The second-order valence-electron chi connectivity index (χ2n) is 8.20. The zero-order valence-corrected chi connectivity index (χ0v) is 19.3. The topological polar surface area (TPSA) is 86.9 Å². The summed E-state index contributed by atoms with van der Waals surface area (Å²) in [5.41, 5.74) is -0.0784. The lowest BCUT2D eigenvalue weighted by Crippen LogP contribution is -2.25. The molecule has 0 fully saturated rings. The first-order chi connectivity index (χ1) is 18.0. The third kappa shape index (κ3) is 4.96. The van der Waals surface area contributed by atoms with Gasteiger partial charge in [-0.05, 0) is 35.9 Å². The number of fused-ring (bicyclic) bond motifs is 2. The number of hydrogen-bond acceptors (Lipinski definition) is 6. The van der Waals surface area contributed by atoms with Crippen molar-refractivity contribution in [1.82, 2.24) is 24.5 Å². The molecule has 14 heteroatoms. The maximum Gasteiger partial charge on any atom is 0.405 e. The minimum absolute atomic E-state index is 0.131. The third-order valence-electron chi connectivity index (χ3n) is 5.48. The monoisotopic (exact) mass is 534 g/mol. The Kier molecular flexibility index (Phi) is 6.17. The number of rotatable bonds is 6. The molecule has 0 aliphatic rings. The summed E-state index contributed by atoms with van der Waals surface area (Å²) in [5, 5.41) is 11.0. The van der Waals surface area contributed by atoms with Crippen LogP contribution in [-0.2, 0) is 7.05 Å². The molecule has 5 aromatic rings.